The van der Waals surface area contributed by atoms with Crippen LogP contribution in [-0.4, -0.2) is 11.8 Å². The van der Waals surface area contributed by atoms with Gasteiger partial charge in [0.1, 0.15) is 0 Å². The van der Waals surface area contributed by atoms with E-state index in [0.29, 0.717) is 6.42 Å². The molecule has 0 amide bonds. The van der Waals surface area contributed by atoms with Crippen LogP contribution in [0.25, 0.3) is 0 Å². The summed E-state index contributed by atoms with van der Waals surface area (Å²) in [5.41, 5.74) is 6.25. The standard InChI is InChI=1S/C8H11NO2/c1-6(9)8(10)4-7-2-3-11-5-7/h2-3,5-6H,4,9H2,1H3/t6-/m0/s1. The molecule has 1 atom stereocenters. The van der Waals surface area contributed by atoms with E-state index in [1.165, 1.54) is 0 Å². The summed E-state index contributed by atoms with van der Waals surface area (Å²) >= 11 is 0. The molecule has 0 saturated carbocycles. The SMILES string of the molecule is C[C@H](N)C(=O)Cc1ccoc1. The van der Waals surface area contributed by atoms with Gasteiger partial charge in [-0.15, -0.1) is 0 Å². The average molecular weight is 153 g/mol. The minimum atomic E-state index is -0.384. The topological polar surface area (TPSA) is 56.2 Å². The Labute approximate surface area is 65.2 Å². The fourth-order valence-corrected chi connectivity index (χ4v) is 0.755. The van der Waals surface area contributed by atoms with Gasteiger partial charge in [0.2, 0.25) is 0 Å². The quantitative estimate of drug-likeness (QED) is 0.696. The minimum absolute atomic E-state index is 0.0337. The summed E-state index contributed by atoms with van der Waals surface area (Å²) in [6.07, 6.45) is 3.47. The third-order valence-corrected chi connectivity index (χ3v) is 1.47. The monoisotopic (exact) mass is 153 g/mol. The van der Waals surface area contributed by atoms with Gasteiger partial charge in [0.05, 0.1) is 18.6 Å². The third kappa shape index (κ3) is 2.20. The highest BCUT2D eigenvalue weighted by molar-refractivity contribution is 5.85. The first-order valence-electron chi connectivity index (χ1n) is 3.49. The predicted molar refractivity (Wildman–Crippen MR) is 41.1 cm³/mol. The van der Waals surface area contributed by atoms with Crippen molar-refractivity contribution in [2.75, 3.05) is 0 Å². The normalized spacial score (nSPS) is 12.9. The van der Waals surface area contributed by atoms with E-state index in [0.717, 1.165) is 5.56 Å². The molecule has 0 bridgehead atoms. The lowest BCUT2D eigenvalue weighted by Gasteiger charge is -2.00. The van der Waals surface area contributed by atoms with Crippen molar-refractivity contribution in [3.63, 3.8) is 0 Å². The number of furan rings is 1. The van der Waals surface area contributed by atoms with Crippen molar-refractivity contribution < 1.29 is 9.21 Å². The first-order valence-corrected chi connectivity index (χ1v) is 3.49. The van der Waals surface area contributed by atoms with Crippen molar-refractivity contribution in [1.29, 1.82) is 0 Å². The van der Waals surface area contributed by atoms with Crippen LogP contribution in [0.4, 0.5) is 0 Å². The van der Waals surface area contributed by atoms with Gasteiger partial charge in [-0.1, -0.05) is 0 Å². The van der Waals surface area contributed by atoms with E-state index in [9.17, 15) is 4.79 Å². The molecule has 11 heavy (non-hydrogen) atoms. The van der Waals surface area contributed by atoms with E-state index < -0.39 is 0 Å². The first kappa shape index (κ1) is 8.01. The molecule has 1 rings (SSSR count). The van der Waals surface area contributed by atoms with E-state index in [4.69, 9.17) is 10.2 Å². The molecule has 1 heterocycles. The van der Waals surface area contributed by atoms with Crippen molar-refractivity contribution in [2.24, 2.45) is 5.73 Å². The van der Waals surface area contributed by atoms with Crippen LogP contribution in [0, 0.1) is 0 Å². The second kappa shape index (κ2) is 3.34. The molecule has 1 aromatic heterocycles. The van der Waals surface area contributed by atoms with Crippen LogP contribution < -0.4 is 5.73 Å². The Morgan fingerprint density at radius 3 is 3.00 bits per heavy atom. The Balaban J connectivity index is 2.50. The Morgan fingerprint density at radius 2 is 2.55 bits per heavy atom. The average Bonchev–Trinajstić information content (AvgIpc) is 2.39. The summed E-state index contributed by atoms with van der Waals surface area (Å²) in [7, 11) is 0. The van der Waals surface area contributed by atoms with Crippen LogP contribution in [0.15, 0.2) is 23.0 Å². The number of hydrogen-bond acceptors (Lipinski definition) is 3. The number of ketones is 1. The maximum atomic E-state index is 11.0. The van der Waals surface area contributed by atoms with Crippen LogP contribution in [0.1, 0.15) is 12.5 Å². The molecule has 0 fully saturated rings. The zero-order valence-electron chi connectivity index (χ0n) is 6.41. The second-order valence-electron chi connectivity index (χ2n) is 2.56. The minimum Gasteiger partial charge on any atom is -0.472 e. The highest BCUT2D eigenvalue weighted by Gasteiger charge is 2.08. The molecular formula is C8H11NO2. The lowest BCUT2D eigenvalue weighted by molar-refractivity contribution is -0.119. The number of carbonyl (C=O) groups is 1. The second-order valence-corrected chi connectivity index (χ2v) is 2.56. The van der Waals surface area contributed by atoms with E-state index in [2.05, 4.69) is 0 Å². The zero-order chi connectivity index (χ0) is 8.27. The maximum absolute atomic E-state index is 11.0. The number of carbonyl (C=O) groups excluding carboxylic acids is 1. The predicted octanol–water partition coefficient (Wildman–Crippen LogP) is 0.738. The van der Waals surface area contributed by atoms with Gasteiger partial charge in [-0.3, -0.25) is 4.79 Å². The van der Waals surface area contributed by atoms with Crippen molar-refractivity contribution in [3.05, 3.63) is 24.2 Å². The Morgan fingerprint density at radius 1 is 1.82 bits per heavy atom. The number of hydrogen-bond donors (Lipinski definition) is 1. The zero-order valence-corrected chi connectivity index (χ0v) is 6.41. The van der Waals surface area contributed by atoms with Gasteiger partial charge in [0.15, 0.2) is 5.78 Å². The van der Waals surface area contributed by atoms with Crippen molar-refractivity contribution in [1.82, 2.24) is 0 Å². The van der Waals surface area contributed by atoms with Gasteiger partial charge in [-0.25, -0.2) is 0 Å². The Kier molecular flexibility index (Phi) is 2.44. The molecule has 0 radical (unpaired) electrons. The molecule has 1 aromatic rings. The van der Waals surface area contributed by atoms with E-state index in [1.807, 2.05) is 0 Å². The molecule has 0 unspecified atom stereocenters. The Bertz CT molecular complexity index is 226. The van der Waals surface area contributed by atoms with E-state index in [-0.39, 0.29) is 11.8 Å². The van der Waals surface area contributed by atoms with Gasteiger partial charge in [0, 0.05) is 6.42 Å². The number of Topliss-reactive ketones (excluding diaryl/α,β-unsaturated/α-hetero) is 1. The third-order valence-electron chi connectivity index (χ3n) is 1.47. The van der Waals surface area contributed by atoms with Crippen LogP contribution in [0.3, 0.4) is 0 Å². The van der Waals surface area contributed by atoms with Crippen LogP contribution in [0.5, 0.6) is 0 Å². The molecule has 60 valence electrons. The van der Waals surface area contributed by atoms with Gasteiger partial charge >= 0.3 is 0 Å². The summed E-state index contributed by atoms with van der Waals surface area (Å²) in [6.45, 7) is 1.68. The van der Waals surface area contributed by atoms with E-state index in [1.54, 1.807) is 25.5 Å². The van der Waals surface area contributed by atoms with E-state index >= 15 is 0 Å². The maximum Gasteiger partial charge on any atom is 0.153 e. The number of nitrogens with two attached hydrogens (primary N) is 1. The summed E-state index contributed by atoms with van der Waals surface area (Å²) in [4.78, 5) is 11.0. The summed E-state index contributed by atoms with van der Waals surface area (Å²) in [5, 5.41) is 0. The summed E-state index contributed by atoms with van der Waals surface area (Å²) in [6, 6.07) is 1.38. The highest BCUT2D eigenvalue weighted by atomic mass is 16.3. The van der Waals surface area contributed by atoms with Crippen molar-refractivity contribution >= 4 is 5.78 Å². The van der Waals surface area contributed by atoms with Gasteiger partial charge in [-0.05, 0) is 18.6 Å². The summed E-state index contributed by atoms with van der Waals surface area (Å²) < 4.78 is 4.80. The lowest BCUT2D eigenvalue weighted by atomic mass is 10.1. The molecule has 0 aliphatic carbocycles. The molecule has 0 spiro atoms. The summed E-state index contributed by atoms with van der Waals surface area (Å²) in [5.74, 6) is 0.0337. The molecular weight excluding hydrogens is 142 g/mol. The molecule has 0 saturated heterocycles. The van der Waals surface area contributed by atoms with Gasteiger partial charge in [0.25, 0.3) is 0 Å². The largest absolute Gasteiger partial charge is 0.472 e. The molecule has 3 heteroatoms. The fraction of sp³-hybridized carbons (Fsp3) is 0.375. The lowest BCUT2D eigenvalue weighted by Crippen LogP contribution is -2.27. The van der Waals surface area contributed by atoms with Gasteiger partial charge < -0.3 is 10.2 Å². The molecule has 3 nitrogen and oxygen atoms in total. The molecule has 0 aliphatic rings. The molecule has 2 N–H and O–H groups in total. The van der Waals surface area contributed by atoms with Crippen molar-refractivity contribution in [3.8, 4) is 0 Å². The van der Waals surface area contributed by atoms with Crippen LogP contribution in [-0.2, 0) is 11.2 Å². The number of rotatable bonds is 3. The molecule has 0 aliphatic heterocycles. The smallest absolute Gasteiger partial charge is 0.153 e. The first-order chi connectivity index (χ1) is 5.20. The molecule has 0 aromatic carbocycles. The van der Waals surface area contributed by atoms with Crippen LogP contribution in [0.2, 0.25) is 0 Å². The highest BCUT2D eigenvalue weighted by Crippen LogP contribution is 2.02. The van der Waals surface area contributed by atoms with Gasteiger partial charge in [-0.2, -0.15) is 0 Å². The fourth-order valence-electron chi connectivity index (χ4n) is 0.755. The van der Waals surface area contributed by atoms with Crippen LogP contribution >= 0.6 is 0 Å². The Hall–Kier alpha value is -1.09. The van der Waals surface area contributed by atoms with Crippen molar-refractivity contribution in [2.45, 2.75) is 19.4 Å².